The number of hydrogen-bond donors (Lipinski definition) is 1. The topological polar surface area (TPSA) is 68.0 Å². The van der Waals surface area contributed by atoms with Gasteiger partial charge in [0, 0.05) is 12.1 Å². The molecule has 1 aromatic heterocycles. The highest BCUT2D eigenvalue weighted by Gasteiger charge is 2.12. The Balaban J connectivity index is 1.54. The Morgan fingerprint density at radius 1 is 1.08 bits per heavy atom. The first-order valence-corrected chi connectivity index (χ1v) is 9.36. The second kappa shape index (κ2) is 8.19. The van der Waals surface area contributed by atoms with Crippen LogP contribution >= 0.6 is 11.8 Å². The minimum Gasteiger partial charge on any atom is -0.411 e. The number of thioether (sulfide) groups is 1. The van der Waals surface area contributed by atoms with Crippen molar-refractivity contribution in [1.29, 1.82) is 0 Å². The van der Waals surface area contributed by atoms with Gasteiger partial charge in [0.05, 0.1) is 5.75 Å². The lowest BCUT2D eigenvalue weighted by molar-refractivity contribution is -0.118. The van der Waals surface area contributed by atoms with E-state index in [1.807, 2.05) is 57.2 Å². The van der Waals surface area contributed by atoms with Gasteiger partial charge in [-0.25, -0.2) is 0 Å². The Morgan fingerprint density at radius 2 is 1.81 bits per heavy atom. The molecule has 0 bridgehead atoms. The molecule has 6 heteroatoms. The monoisotopic (exact) mass is 367 g/mol. The summed E-state index contributed by atoms with van der Waals surface area (Å²) in [5, 5.41) is 11.4. The number of rotatable bonds is 6. The summed E-state index contributed by atoms with van der Waals surface area (Å²) in [4.78, 5) is 12.0. The van der Waals surface area contributed by atoms with Crippen LogP contribution in [0.15, 0.2) is 52.1 Å². The van der Waals surface area contributed by atoms with Crippen molar-refractivity contribution in [3.63, 3.8) is 0 Å². The third-order valence-electron chi connectivity index (χ3n) is 3.94. The van der Waals surface area contributed by atoms with Gasteiger partial charge >= 0.3 is 0 Å². The Labute approximate surface area is 157 Å². The SMILES string of the molecule is Cc1cc(C)cc(-c2nnc(SCC(=O)NCc3ccccc3C)o2)c1. The number of benzene rings is 2. The molecule has 2 aromatic carbocycles. The number of aryl methyl sites for hydroxylation is 3. The van der Waals surface area contributed by atoms with Crippen molar-refractivity contribution >= 4 is 17.7 Å². The fourth-order valence-electron chi connectivity index (χ4n) is 2.66. The minimum absolute atomic E-state index is 0.0654. The molecule has 0 radical (unpaired) electrons. The lowest BCUT2D eigenvalue weighted by Gasteiger charge is -2.06. The first-order valence-electron chi connectivity index (χ1n) is 8.37. The fourth-order valence-corrected chi connectivity index (χ4v) is 3.26. The van der Waals surface area contributed by atoms with Gasteiger partial charge in [0.25, 0.3) is 5.22 Å². The van der Waals surface area contributed by atoms with Crippen LogP contribution in [-0.2, 0) is 11.3 Å². The summed E-state index contributed by atoms with van der Waals surface area (Å²) >= 11 is 1.24. The summed E-state index contributed by atoms with van der Waals surface area (Å²) in [7, 11) is 0. The minimum atomic E-state index is -0.0654. The highest BCUT2D eigenvalue weighted by Crippen LogP contribution is 2.24. The molecule has 1 N–H and O–H groups in total. The molecule has 0 fully saturated rings. The molecule has 0 unspecified atom stereocenters. The lowest BCUT2D eigenvalue weighted by Crippen LogP contribution is -2.24. The molecule has 1 amide bonds. The maximum absolute atomic E-state index is 12.0. The zero-order chi connectivity index (χ0) is 18.5. The molecule has 3 rings (SSSR count). The van der Waals surface area contributed by atoms with Crippen molar-refractivity contribution in [3.05, 3.63) is 64.7 Å². The Morgan fingerprint density at radius 3 is 2.54 bits per heavy atom. The molecule has 0 spiro atoms. The molecular weight excluding hydrogens is 346 g/mol. The second-order valence-electron chi connectivity index (χ2n) is 6.24. The van der Waals surface area contributed by atoms with Crippen LogP contribution in [0, 0.1) is 20.8 Å². The van der Waals surface area contributed by atoms with Crippen LogP contribution in [0.3, 0.4) is 0 Å². The standard InChI is InChI=1S/C20H21N3O2S/c1-13-8-14(2)10-17(9-13)19-22-23-20(25-19)26-12-18(24)21-11-16-7-5-4-6-15(16)3/h4-10H,11-12H2,1-3H3,(H,21,24). The van der Waals surface area contributed by atoms with E-state index in [4.69, 9.17) is 4.42 Å². The molecule has 3 aromatic rings. The zero-order valence-corrected chi connectivity index (χ0v) is 15.9. The maximum atomic E-state index is 12.0. The molecule has 0 aliphatic rings. The number of amides is 1. The average molecular weight is 367 g/mol. The van der Waals surface area contributed by atoms with E-state index in [-0.39, 0.29) is 11.7 Å². The molecule has 0 aliphatic heterocycles. The van der Waals surface area contributed by atoms with Gasteiger partial charge in [-0.2, -0.15) is 0 Å². The molecule has 134 valence electrons. The Bertz CT molecular complexity index is 901. The van der Waals surface area contributed by atoms with Gasteiger partial charge in [-0.1, -0.05) is 53.2 Å². The quantitative estimate of drug-likeness (QED) is 0.665. The summed E-state index contributed by atoms with van der Waals surface area (Å²) in [6.45, 7) is 6.61. The summed E-state index contributed by atoms with van der Waals surface area (Å²) in [6.07, 6.45) is 0. The molecule has 26 heavy (non-hydrogen) atoms. The smallest absolute Gasteiger partial charge is 0.277 e. The van der Waals surface area contributed by atoms with E-state index < -0.39 is 0 Å². The van der Waals surface area contributed by atoms with Crippen LogP contribution in [0.25, 0.3) is 11.5 Å². The van der Waals surface area contributed by atoms with E-state index in [2.05, 4.69) is 21.6 Å². The van der Waals surface area contributed by atoms with Crippen LogP contribution < -0.4 is 5.32 Å². The number of aromatic nitrogens is 2. The summed E-state index contributed by atoms with van der Waals surface area (Å²) in [6, 6.07) is 14.1. The maximum Gasteiger partial charge on any atom is 0.277 e. The van der Waals surface area contributed by atoms with Crippen LogP contribution in [-0.4, -0.2) is 21.9 Å². The van der Waals surface area contributed by atoms with E-state index in [0.29, 0.717) is 17.7 Å². The van der Waals surface area contributed by atoms with Crippen molar-refractivity contribution < 1.29 is 9.21 Å². The number of nitrogens with zero attached hydrogens (tertiary/aromatic N) is 2. The number of carbonyl (C=O) groups excluding carboxylic acids is 1. The van der Waals surface area contributed by atoms with Gasteiger partial charge in [0.2, 0.25) is 11.8 Å². The normalized spacial score (nSPS) is 10.7. The van der Waals surface area contributed by atoms with E-state index >= 15 is 0 Å². The Kier molecular flexibility index (Phi) is 5.73. The second-order valence-corrected chi connectivity index (χ2v) is 7.17. The predicted octanol–water partition coefficient (Wildman–Crippen LogP) is 4.07. The first-order chi connectivity index (χ1) is 12.5. The van der Waals surface area contributed by atoms with Crippen LogP contribution in [0.5, 0.6) is 0 Å². The fraction of sp³-hybridized carbons (Fsp3) is 0.250. The van der Waals surface area contributed by atoms with Crippen LogP contribution in [0.1, 0.15) is 22.3 Å². The van der Waals surface area contributed by atoms with Gasteiger partial charge < -0.3 is 9.73 Å². The van der Waals surface area contributed by atoms with Gasteiger partial charge in [-0.15, -0.1) is 10.2 Å². The molecule has 0 aliphatic carbocycles. The number of carbonyl (C=O) groups is 1. The van der Waals surface area contributed by atoms with Crippen molar-refractivity contribution in [1.82, 2.24) is 15.5 Å². The van der Waals surface area contributed by atoms with Crippen LogP contribution in [0.2, 0.25) is 0 Å². The lowest BCUT2D eigenvalue weighted by atomic mass is 10.1. The summed E-state index contributed by atoms with van der Waals surface area (Å²) in [5.74, 6) is 0.643. The van der Waals surface area contributed by atoms with Crippen molar-refractivity contribution in [2.75, 3.05) is 5.75 Å². The molecule has 0 atom stereocenters. The summed E-state index contributed by atoms with van der Waals surface area (Å²) in [5.41, 5.74) is 5.45. The van der Waals surface area contributed by atoms with E-state index in [0.717, 1.165) is 27.8 Å². The molecule has 1 heterocycles. The van der Waals surface area contributed by atoms with Crippen molar-refractivity contribution in [2.24, 2.45) is 0 Å². The van der Waals surface area contributed by atoms with Gasteiger partial charge in [0.1, 0.15) is 0 Å². The summed E-state index contributed by atoms with van der Waals surface area (Å²) < 4.78 is 5.67. The molecule has 0 saturated heterocycles. The zero-order valence-electron chi connectivity index (χ0n) is 15.1. The molecule has 0 saturated carbocycles. The van der Waals surface area contributed by atoms with Gasteiger partial charge in [0.15, 0.2) is 0 Å². The van der Waals surface area contributed by atoms with Crippen LogP contribution in [0.4, 0.5) is 0 Å². The van der Waals surface area contributed by atoms with E-state index in [1.165, 1.54) is 11.8 Å². The van der Waals surface area contributed by atoms with Crippen molar-refractivity contribution in [3.8, 4) is 11.5 Å². The van der Waals surface area contributed by atoms with Gasteiger partial charge in [-0.05, 0) is 44.0 Å². The number of nitrogens with one attached hydrogen (secondary N) is 1. The first kappa shape index (κ1) is 18.2. The van der Waals surface area contributed by atoms with E-state index in [9.17, 15) is 4.79 Å². The number of hydrogen-bond acceptors (Lipinski definition) is 5. The Hall–Kier alpha value is -2.60. The third-order valence-corrected chi connectivity index (χ3v) is 4.76. The average Bonchev–Trinajstić information content (AvgIpc) is 3.07. The van der Waals surface area contributed by atoms with Gasteiger partial charge in [-0.3, -0.25) is 4.79 Å². The highest BCUT2D eigenvalue weighted by atomic mass is 32.2. The van der Waals surface area contributed by atoms with Crippen molar-refractivity contribution in [2.45, 2.75) is 32.5 Å². The molecule has 5 nitrogen and oxygen atoms in total. The largest absolute Gasteiger partial charge is 0.411 e. The highest BCUT2D eigenvalue weighted by molar-refractivity contribution is 7.99. The predicted molar refractivity (Wildman–Crippen MR) is 103 cm³/mol. The third kappa shape index (κ3) is 4.73. The van der Waals surface area contributed by atoms with E-state index in [1.54, 1.807) is 0 Å². The molecular formula is C20H21N3O2S.